The molecule has 1 amide bonds. The van der Waals surface area contributed by atoms with Gasteiger partial charge in [0.25, 0.3) is 5.91 Å². The number of amides is 1. The minimum atomic E-state index is -3.66. The van der Waals surface area contributed by atoms with E-state index in [1.807, 2.05) is 30.3 Å². The fourth-order valence-electron chi connectivity index (χ4n) is 2.46. The molecule has 0 bridgehead atoms. The average molecular weight is 439 g/mol. The molecule has 2 aromatic carbocycles. The average Bonchev–Trinajstić information content (AvgIpc) is 2.62. The lowest BCUT2D eigenvalue weighted by molar-refractivity contribution is 0.0986. The van der Waals surface area contributed by atoms with Gasteiger partial charge >= 0.3 is 0 Å². The Balaban J connectivity index is 2.46. The van der Waals surface area contributed by atoms with Gasteiger partial charge in [-0.25, -0.2) is 12.7 Å². The summed E-state index contributed by atoms with van der Waals surface area (Å²) in [5, 5.41) is 0. The van der Waals surface area contributed by atoms with Gasteiger partial charge in [0.1, 0.15) is 0 Å². The van der Waals surface area contributed by atoms with Gasteiger partial charge in [-0.3, -0.25) is 4.79 Å². The summed E-state index contributed by atoms with van der Waals surface area (Å²) in [7, 11) is -0.723. The lowest BCUT2D eigenvalue weighted by atomic mass is 10.1. The normalized spacial score (nSPS) is 11.6. The van der Waals surface area contributed by atoms with Crippen molar-refractivity contribution in [3.63, 3.8) is 0 Å². The molecule has 0 unspecified atom stereocenters. The van der Waals surface area contributed by atoms with Gasteiger partial charge in [-0.05, 0) is 52.7 Å². The standard InChI is InChI=1S/C19H23BrN2O3S/c1-4-5-13-22(16-9-7-6-8-10-16)19(23)15-11-12-17(20)18(14-15)26(24,25)21(2)3/h6-12,14H,4-5,13H2,1-3H3. The van der Waals surface area contributed by atoms with Crippen molar-refractivity contribution < 1.29 is 13.2 Å². The fraction of sp³-hybridized carbons (Fsp3) is 0.316. The monoisotopic (exact) mass is 438 g/mol. The van der Waals surface area contributed by atoms with Crippen molar-refractivity contribution in [1.29, 1.82) is 0 Å². The molecule has 0 aliphatic carbocycles. The van der Waals surface area contributed by atoms with Crippen LogP contribution in [0.15, 0.2) is 57.9 Å². The Morgan fingerprint density at radius 2 is 1.73 bits per heavy atom. The van der Waals surface area contributed by atoms with Crippen molar-refractivity contribution in [1.82, 2.24) is 4.31 Å². The number of anilines is 1. The van der Waals surface area contributed by atoms with Gasteiger partial charge in [-0.15, -0.1) is 0 Å². The first-order valence-electron chi connectivity index (χ1n) is 8.38. The Morgan fingerprint density at radius 3 is 2.31 bits per heavy atom. The largest absolute Gasteiger partial charge is 0.308 e. The number of carbonyl (C=O) groups excluding carboxylic acids is 1. The van der Waals surface area contributed by atoms with Gasteiger partial charge in [0, 0.05) is 36.4 Å². The van der Waals surface area contributed by atoms with Crippen LogP contribution < -0.4 is 4.90 Å². The molecule has 0 aliphatic heterocycles. The molecule has 2 aromatic rings. The molecule has 0 fully saturated rings. The van der Waals surface area contributed by atoms with E-state index in [0.29, 0.717) is 16.6 Å². The number of carbonyl (C=O) groups is 1. The first-order valence-corrected chi connectivity index (χ1v) is 10.6. The quantitative estimate of drug-likeness (QED) is 0.652. The minimum Gasteiger partial charge on any atom is -0.308 e. The third-order valence-corrected chi connectivity index (χ3v) is 6.79. The van der Waals surface area contributed by atoms with E-state index in [9.17, 15) is 13.2 Å². The maximum atomic E-state index is 13.1. The number of unbranched alkanes of at least 4 members (excludes halogenated alkanes) is 1. The highest BCUT2D eigenvalue weighted by Crippen LogP contribution is 2.27. The van der Waals surface area contributed by atoms with Crippen LogP contribution in [0.25, 0.3) is 0 Å². The summed E-state index contributed by atoms with van der Waals surface area (Å²) < 4.78 is 26.6. The van der Waals surface area contributed by atoms with Crippen LogP contribution in [-0.2, 0) is 10.0 Å². The van der Waals surface area contributed by atoms with Gasteiger partial charge < -0.3 is 4.90 Å². The van der Waals surface area contributed by atoms with Crippen LogP contribution in [0, 0.1) is 0 Å². The highest BCUT2D eigenvalue weighted by molar-refractivity contribution is 9.10. The number of hydrogen-bond acceptors (Lipinski definition) is 3. The zero-order valence-electron chi connectivity index (χ0n) is 15.1. The molecule has 0 spiro atoms. The molecule has 0 radical (unpaired) electrons. The number of nitrogens with zero attached hydrogens (tertiary/aromatic N) is 2. The summed E-state index contributed by atoms with van der Waals surface area (Å²) in [4.78, 5) is 14.9. The summed E-state index contributed by atoms with van der Waals surface area (Å²) in [5.74, 6) is -0.215. The van der Waals surface area contributed by atoms with Crippen LogP contribution in [-0.4, -0.2) is 39.3 Å². The highest BCUT2D eigenvalue weighted by atomic mass is 79.9. The summed E-state index contributed by atoms with van der Waals surface area (Å²) in [5.41, 5.74) is 1.14. The third-order valence-electron chi connectivity index (χ3n) is 3.99. The molecule has 2 rings (SSSR count). The number of halogens is 1. The predicted molar refractivity (Wildman–Crippen MR) is 108 cm³/mol. The second kappa shape index (κ2) is 8.79. The molecule has 0 saturated carbocycles. The van der Waals surface area contributed by atoms with Crippen LogP contribution in [0.1, 0.15) is 30.1 Å². The molecule has 0 aromatic heterocycles. The summed E-state index contributed by atoms with van der Waals surface area (Å²) in [6.45, 7) is 2.64. The molecule has 0 atom stereocenters. The number of benzene rings is 2. The molecule has 0 N–H and O–H groups in total. The lowest BCUT2D eigenvalue weighted by Crippen LogP contribution is -2.32. The van der Waals surface area contributed by atoms with Crippen molar-refractivity contribution in [2.24, 2.45) is 0 Å². The van der Waals surface area contributed by atoms with E-state index in [1.54, 1.807) is 17.0 Å². The van der Waals surface area contributed by atoms with E-state index in [0.717, 1.165) is 22.8 Å². The van der Waals surface area contributed by atoms with E-state index in [2.05, 4.69) is 22.9 Å². The first kappa shape index (κ1) is 20.6. The second-order valence-electron chi connectivity index (χ2n) is 6.08. The minimum absolute atomic E-state index is 0.0804. The Labute approximate surface area is 163 Å². The van der Waals surface area contributed by atoms with Crippen LogP contribution >= 0.6 is 15.9 Å². The highest BCUT2D eigenvalue weighted by Gasteiger charge is 2.24. The summed E-state index contributed by atoms with van der Waals surface area (Å²) in [6, 6.07) is 14.1. The van der Waals surface area contributed by atoms with Crippen molar-refractivity contribution in [2.75, 3.05) is 25.5 Å². The summed E-state index contributed by atoms with van der Waals surface area (Å²) in [6.07, 6.45) is 1.82. The molecule has 0 aliphatic rings. The molecule has 26 heavy (non-hydrogen) atoms. The number of para-hydroxylation sites is 1. The zero-order chi connectivity index (χ0) is 19.3. The SMILES string of the molecule is CCCCN(C(=O)c1ccc(Br)c(S(=O)(=O)N(C)C)c1)c1ccccc1. The second-order valence-corrected chi connectivity index (χ2v) is 9.05. The first-order chi connectivity index (χ1) is 12.3. The molecule has 7 heteroatoms. The Bertz CT molecular complexity index is 868. The Hall–Kier alpha value is -1.70. The molecular formula is C19H23BrN2O3S. The number of hydrogen-bond donors (Lipinski definition) is 0. The topological polar surface area (TPSA) is 57.7 Å². The van der Waals surface area contributed by atoms with Crippen LogP contribution in [0.3, 0.4) is 0 Å². The van der Waals surface area contributed by atoms with E-state index in [4.69, 9.17) is 0 Å². The van der Waals surface area contributed by atoms with Crippen LogP contribution in [0.4, 0.5) is 5.69 Å². The van der Waals surface area contributed by atoms with Crippen LogP contribution in [0.2, 0.25) is 0 Å². The van der Waals surface area contributed by atoms with E-state index in [-0.39, 0.29) is 10.8 Å². The van der Waals surface area contributed by atoms with Crippen molar-refractivity contribution in [3.8, 4) is 0 Å². The smallest absolute Gasteiger partial charge is 0.258 e. The van der Waals surface area contributed by atoms with Gasteiger partial charge in [0.05, 0.1) is 4.90 Å². The van der Waals surface area contributed by atoms with Crippen molar-refractivity contribution in [3.05, 3.63) is 58.6 Å². The van der Waals surface area contributed by atoms with Gasteiger partial charge in [0.15, 0.2) is 0 Å². The van der Waals surface area contributed by atoms with E-state index < -0.39 is 10.0 Å². The van der Waals surface area contributed by atoms with Crippen LogP contribution in [0.5, 0.6) is 0 Å². The number of sulfonamides is 1. The predicted octanol–water partition coefficient (Wildman–Crippen LogP) is 4.15. The maximum Gasteiger partial charge on any atom is 0.258 e. The molecular weight excluding hydrogens is 416 g/mol. The van der Waals surface area contributed by atoms with E-state index in [1.165, 1.54) is 20.2 Å². The molecule has 0 saturated heterocycles. The molecule has 5 nitrogen and oxygen atoms in total. The summed E-state index contributed by atoms with van der Waals surface area (Å²) >= 11 is 3.28. The van der Waals surface area contributed by atoms with Gasteiger partial charge in [-0.1, -0.05) is 31.5 Å². The van der Waals surface area contributed by atoms with Crippen molar-refractivity contribution >= 4 is 37.5 Å². The maximum absolute atomic E-state index is 13.1. The molecule has 0 heterocycles. The molecule has 140 valence electrons. The van der Waals surface area contributed by atoms with Gasteiger partial charge in [0.2, 0.25) is 10.0 Å². The Morgan fingerprint density at radius 1 is 1.08 bits per heavy atom. The lowest BCUT2D eigenvalue weighted by Gasteiger charge is -2.23. The van der Waals surface area contributed by atoms with E-state index >= 15 is 0 Å². The fourth-order valence-corrected chi connectivity index (χ4v) is 4.30. The third kappa shape index (κ3) is 4.52. The van der Waals surface area contributed by atoms with Crippen molar-refractivity contribution in [2.45, 2.75) is 24.7 Å². The zero-order valence-corrected chi connectivity index (χ0v) is 17.5. The number of rotatable bonds is 7. The Kier molecular flexibility index (Phi) is 6.97. The van der Waals surface area contributed by atoms with Gasteiger partial charge in [-0.2, -0.15) is 0 Å².